The van der Waals surface area contributed by atoms with E-state index in [4.69, 9.17) is 0 Å². The number of alkyl halides is 6. The van der Waals surface area contributed by atoms with Gasteiger partial charge in [0.05, 0.1) is 11.9 Å². The van der Waals surface area contributed by atoms with Gasteiger partial charge in [-0.3, -0.25) is 0 Å². The molecule has 2 heterocycles. The molecule has 0 spiro atoms. The highest BCUT2D eigenvalue weighted by molar-refractivity contribution is 5.32. The molecule has 9 heteroatoms. The molecule has 2 aromatic heterocycles. The van der Waals surface area contributed by atoms with Crippen LogP contribution in [-0.4, -0.2) is 14.8 Å². The van der Waals surface area contributed by atoms with Crippen molar-refractivity contribution in [2.75, 3.05) is 0 Å². The van der Waals surface area contributed by atoms with Crippen molar-refractivity contribution in [3.05, 3.63) is 41.5 Å². The summed E-state index contributed by atoms with van der Waals surface area (Å²) in [6.45, 7) is 1.36. The largest absolute Gasteiger partial charge is 0.435 e. The number of halogens is 6. The highest BCUT2D eigenvalue weighted by Gasteiger charge is 2.35. The summed E-state index contributed by atoms with van der Waals surface area (Å²) in [6, 6.07) is 2.50. The van der Waals surface area contributed by atoms with Crippen molar-refractivity contribution in [1.82, 2.24) is 14.8 Å². The van der Waals surface area contributed by atoms with E-state index in [1.54, 1.807) is 0 Å². The van der Waals surface area contributed by atoms with E-state index in [0.29, 0.717) is 6.07 Å². The molecule has 0 aliphatic heterocycles. The van der Waals surface area contributed by atoms with Gasteiger partial charge in [-0.05, 0) is 25.1 Å². The zero-order valence-electron chi connectivity index (χ0n) is 9.92. The van der Waals surface area contributed by atoms with Crippen molar-refractivity contribution in [2.45, 2.75) is 19.3 Å². The van der Waals surface area contributed by atoms with Gasteiger partial charge in [-0.15, -0.1) is 0 Å². The molecule has 0 aliphatic carbocycles. The first kappa shape index (κ1) is 14.4. The first-order valence-electron chi connectivity index (χ1n) is 5.26. The number of aryl methyl sites for hydroxylation is 1. The van der Waals surface area contributed by atoms with Crippen molar-refractivity contribution in [1.29, 1.82) is 0 Å². The van der Waals surface area contributed by atoms with Crippen LogP contribution in [0.1, 0.15) is 17.1 Å². The second-order valence-corrected chi connectivity index (χ2v) is 3.98. The van der Waals surface area contributed by atoms with Crippen LogP contribution in [0.2, 0.25) is 0 Å². The van der Waals surface area contributed by atoms with Gasteiger partial charge in [-0.25, -0.2) is 9.67 Å². The topological polar surface area (TPSA) is 30.7 Å². The summed E-state index contributed by atoms with van der Waals surface area (Å²) in [4.78, 5) is 3.17. The quantitative estimate of drug-likeness (QED) is 0.752. The predicted octanol–water partition coefficient (Wildman–Crippen LogP) is 3.61. The lowest BCUT2D eigenvalue weighted by Crippen LogP contribution is -2.10. The van der Waals surface area contributed by atoms with E-state index in [9.17, 15) is 26.3 Å². The monoisotopic (exact) mass is 295 g/mol. The van der Waals surface area contributed by atoms with Gasteiger partial charge in [-0.1, -0.05) is 0 Å². The second-order valence-electron chi connectivity index (χ2n) is 3.98. The standard InChI is InChI=1S/C11H7F6N3/c1-6-4-9(11(15,16)17)19-20(6)7-2-3-8(18-5-7)10(12,13)14/h2-5H,1H3. The average Bonchev–Trinajstić information content (AvgIpc) is 2.70. The number of rotatable bonds is 1. The van der Waals surface area contributed by atoms with Crippen LogP contribution in [0.5, 0.6) is 0 Å². The Hall–Kier alpha value is -2.06. The molecule has 0 amide bonds. The summed E-state index contributed by atoms with van der Waals surface area (Å²) in [5.41, 5.74) is -2.08. The molecule has 2 rings (SSSR count). The Morgan fingerprint density at radius 2 is 1.55 bits per heavy atom. The van der Waals surface area contributed by atoms with Crippen LogP contribution in [0.25, 0.3) is 5.69 Å². The van der Waals surface area contributed by atoms with Crippen LogP contribution < -0.4 is 0 Å². The van der Waals surface area contributed by atoms with Gasteiger partial charge in [0.25, 0.3) is 0 Å². The zero-order chi connectivity index (χ0) is 15.1. The summed E-state index contributed by atoms with van der Waals surface area (Å²) in [5, 5.41) is 3.31. The minimum Gasteiger partial charge on any atom is -0.250 e. The van der Waals surface area contributed by atoms with E-state index in [1.165, 1.54) is 6.92 Å². The highest BCUT2D eigenvalue weighted by atomic mass is 19.4. The summed E-state index contributed by atoms with van der Waals surface area (Å²) in [6.07, 6.45) is -8.40. The molecule has 0 saturated heterocycles. The highest BCUT2D eigenvalue weighted by Crippen LogP contribution is 2.30. The summed E-state index contributed by atoms with van der Waals surface area (Å²) in [7, 11) is 0. The molecule has 0 aromatic carbocycles. The molecule has 0 unspecified atom stereocenters. The van der Waals surface area contributed by atoms with Crippen LogP contribution in [0.4, 0.5) is 26.3 Å². The van der Waals surface area contributed by atoms with Gasteiger partial charge < -0.3 is 0 Å². The molecule has 0 radical (unpaired) electrons. The SMILES string of the molecule is Cc1cc(C(F)(F)F)nn1-c1ccc(C(F)(F)F)nc1. The number of hydrogen-bond donors (Lipinski definition) is 0. The third-order valence-electron chi connectivity index (χ3n) is 2.46. The minimum absolute atomic E-state index is 0.0194. The Labute approximate surface area is 108 Å². The lowest BCUT2D eigenvalue weighted by Gasteiger charge is -2.07. The Bertz CT molecular complexity index is 609. The molecule has 3 nitrogen and oxygen atoms in total. The van der Waals surface area contributed by atoms with Gasteiger partial charge in [0.1, 0.15) is 5.69 Å². The van der Waals surface area contributed by atoms with Crippen molar-refractivity contribution in [2.24, 2.45) is 0 Å². The average molecular weight is 295 g/mol. The molecular formula is C11H7F6N3. The maximum atomic E-state index is 12.5. The molecule has 0 atom stereocenters. The van der Waals surface area contributed by atoms with E-state index < -0.39 is 23.7 Å². The van der Waals surface area contributed by atoms with Crippen molar-refractivity contribution in [3.63, 3.8) is 0 Å². The Morgan fingerprint density at radius 1 is 0.950 bits per heavy atom. The lowest BCUT2D eigenvalue weighted by molar-refractivity contribution is -0.141. The fourth-order valence-electron chi connectivity index (χ4n) is 1.55. The molecule has 0 aliphatic rings. The van der Waals surface area contributed by atoms with Gasteiger partial charge in [-0.2, -0.15) is 31.4 Å². The maximum Gasteiger partial charge on any atom is 0.435 e. The van der Waals surface area contributed by atoms with Crippen molar-refractivity contribution in [3.8, 4) is 5.69 Å². The molecular weight excluding hydrogens is 288 g/mol. The summed E-state index contributed by atoms with van der Waals surface area (Å²) < 4.78 is 75.3. The van der Waals surface area contributed by atoms with Crippen LogP contribution in [0.3, 0.4) is 0 Å². The van der Waals surface area contributed by atoms with Crippen LogP contribution >= 0.6 is 0 Å². The van der Waals surface area contributed by atoms with Gasteiger partial charge in [0, 0.05) is 5.69 Å². The molecule has 2 aromatic rings. The third-order valence-corrected chi connectivity index (χ3v) is 2.46. The van der Waals surface area contributed by atoms with Crippen LogP contribution in [0.15, 0.2) is 24.4 Å². The number of pyridine rings is 1. The number of aromatic nitrogens is 3. The zero-order valence-corrected chi connectivity index (χ0v) is 9.92. The molecule has 0 saturated carbocycles. The molecule has 20 heavy (non-hydrogen) atoms. The Morgan fingerprint density at radius 3 is 1.95 bits per heavy atom. The van der Waals surface area contributed by atoms with Gasteiger partial charge >= 0.3 is 12.4 Å². The van der Waals surface area contributed by atoms with Crippen molar-refractivity contribution >= 4 is 0 Å². The first-order valence-corrected chi connectivity index (χ1v) is 5.26. The van der Waals surface area contributed by atoms with E-state index >= 15 is 0 Å². The summed E-state index contributed by atoms with van der Waals surface area (Å²) in [5.74, 6) is 0. The maximum absolute atomic E-state index is 12.5. The number of nitrogens with zero attached hydrogens (tertiary/aromatic N) is 3. The predicted molar refractivity (Wildman–Crippen MR) is 56.1 cm³/mol. The van der Waals surface area contributed by atoms with Gasteiger partial charge in [0.2, 0.25) is 0 Å². The lowest BCUT2D eigenvalue weighted by atomic mass is 10.3. The van der Waals surface area contributed by atoms with E-state index in [2.05, 4.69) is 10.1 Å². The van der Waals surface area contributed by atoms with Crippen molar-refractivity contribution < 1.29 is 26.3 Å². The molecule has 0 N–H and O–H groups in total. The fraction of sp³-hybridized carbons (Fsp3) is 0.273. The fourth-order valence-corrected chi connectivity index (χ4v) is 1.55. The molecule has 0 bridgehead atoms. The third kappa shape index (κ3) is 2.75. The van der Waals surface area contributed by atoms with Crippen LogP contribution in [0, 0.1) is 6.92 Å². The Kier molecular flexibility index (Phi) is 3.23. The summed E-state index contributed by atoms with van der Waals surface area (Å²) >= 11 is 0. The minimum atomic E-state index is -4.62. The van der Waals surface area contributed by atoms with Crippen LogP contribution in [-0.2, 0) is 12.4 Å². The number of hydrogen-bond acceptors (Lipinski definition) is 2. The van der Waals surface area contributed by atoms with E-state index in [0.717, 1.165) is 23.0 Å². The second kappa shape index (κ2) is 4.50. The van der Waals surface area contributed by atoms with Gasteiger partial charge in [0.15, 0.2) is 5.69 Å². The molecule has 108 valence electrons. The molecule has 0 fully saturated rings. The van der Waals surface area contributed by atoms with E-state index in [-0.39, 0.29) is 11.4 Å². The Balaban J connectivity index is 2.40. The smallest absolute Gasteiger partial charge is 0.250 e. The normalized spacial score (nSPS) is 12.8. The first-order chi connectivity index (χ1) is 9.09. The van der Waals surface area contributed by atoms with E-state index in [1.807, 2.05) is 0 Å².